The van der Waals surface area contributed by atoms with Gasteiger partial charge in [-0.1, -0.05) is 90.1 Å². The predicted octanol–water partition coefficient (Wildman–Crippen LogP) is 11.2. The van der Waals surface area contributed by atoms with Gasteiger partial charge in [-0.3, -0.25) is 19.2 Å². The average molecular weight is 711 g/mol. The van der Waals surface area contributed by atoms with E-state index in [4.69, 9.17) is 0 Å². The third kappa shape index (κ3) is 4.40. The molecular weight excluding hydrogens is 669 g/mol. The van der Waals surface area contributed by atoms with Crippen molar-refractivity contribution in [1.82, 2.24) is 0 Å². The first kappa shape index (κ1) is 33.9. The summed E-state index contributed by atoms with van der Waals surface area (Å²) in [5.41, 5.74) is 8.77. The number of aryl methyl sites for hydroxylation is 4. The zero-order valence-electron chi connectivity index (χ0n) is 32.5. The smallest absolute Gasteiger partial charge is 0.266 e. The van der Waals surface area contributed by atoms with E-state index in [0.717, 1.165) is 65.7 Å². The van der Waals surface area contributed by atoms with Crippen LogP contribution in [0.15, 0.2) is 72.8 Å². The van der Waals surface area contributed by atoms with E-state index in [1.165, 1.54) is 9.80 Å². The van der Waals surface area contributed by atoms with Gasteiger partial charge in [-0.15, -0.1) is 0 Å². The van der Waals surface area contributed by atoms with Gasteiger partial charge < -0.3 is 0 Å². The van der Waals surface area contributed by atoms with Crippen molar-refractivity contribution in [2.24, 2.45) is 0 Å². The molecule has 0 aliphatic carbocycles. The van der Waals surface area contributed by atoms with Crippen molar-refractivity contribution in [1.29, 1.82) is 0 Å². The second-order valence-electron chi connectivity index (χ2n) is 17.5. The maximum Gasteiger partial charge on any atom is 0.266 e. The third-order valence-electron chi connectivity index (χ3n) is 11.8. The lowest BCUT2D eigenvalue weighted by Gasteiger charge is -2.32. The molecule has 0 atom stereocenters. The van der Waals surface area contributed by atoms with Crippen LogP contribution in [0.4, 0.5) is 11.4 Å². The molecule has 0 aromatic heterocycles. The molecule has 6 nitrogen and oxygen atoms in total. The molecule has 9 rings (SSSR count). The van der Waals surface area contributed by atoms with Crippen molar-refractivity contribution in [2.45, 2.75) is 80.1 Å². The van der Waals surface area contributed by atoms with Gasteiger partial charge in [-0.25, -0.2) is 9.80 Å². The topological polar surface area (TPSA) is 74.8 Å². The molecule has 0 saturated carbocycles. The molecule has 4 amide bonds. The van der Waals surface area contributed by atoms with Gasteiger partial charge in [0.2, 0.25) is 0 Å². The molecule has 54 heavy (non-hydrogen) atoms. The highest BCUT2D eigenvalue weighted by atomic mass is 16.2. The molecule has 0 fully saturated rings. The Morgan fingerprint density at radius 2 is 0.611 bits per heavy atom. The van der Waals surface area contributed by atoms with E-state index in [1.54, 1.807) is 0 Å². The molecule has 6 heteroatoms. The number of fused-ring (bicyclic) bond motifs is 2. The standard InChI is InChI=1S/C48H42N2O4/c1-23-19-27(47(5,6)7)20-24(2)41(23)49-43(51)33-15-11-29-31-13-17-35-40-36(18-14-32(38(31)40)30-12-16-34(44(49)52)39(33)37(29)30)46(54)50(45(35)53)42-25(3)21-28(22-26(42)4)48(8,9)10/h11-22H,1-10H3. The Kier molecular flexibility index (Phi) is 6.81. The van der Waals surface area contributed by atoms with Crippen LogP contribution in [-0.4, -0.2) is 23.6 Å². The van der Waals surface area contributed by atoms with E-state index in [0.29, 0.717) is 44.4 Å². The maximum absolute atomic E-state index is 14.5. The van der Waals surface area contributed by atoms with Crippen molar-refractivity contribution < 1.29 is 19.2 Å². The number of nitrogens with zero attached hydrogens (tertiary/aromatic N) is 2. The minimum Gasteiger partial charge on any atom is -0.268 e. The predicted molar refractivity (Wildman–Crippen MR) is 219 cm³/mol. The van der Waals surface area contributed by atoms with E-state index < -0.39 is 0 Å². The highest BCUT2D eigenvalue weighted by molar-refractivity contribution is 6.45. The van der Waals surface area contributed by atoms with Crippen molar-refractivity contribution in [3.05, 3.63) is 128 Å². The highest BCUT2D eigenvalue weighted by Crippen LogP contribution is 2.48. The highest BCUT2D eigenvalue weighted by Gasteiger charge is 2.39. The van der Waals surface area contributed by atoms with Crippen LogP contribution in [0.5, 0.6) is 0 Å². The number of hydrogen-bond acceptors (Lipinski definition) is 4. The number of benzene rings is 7. The second-order valence-corrected chi connectivity index (χ2v) is 17.5. The van der Waals surface area contributed by atoms with Crippen molar-refractivity contribution in [3.63, 3.8) is 0 Å². The molecule has 0 N–H and O–H groups in total. The number of carbonyl (C=O) groups excluding carboxylic acids is 4. The Balaban J connectivity index is 1.24. The van der Waals surface area contributed by atoms with Crippen LogP contribution in [0.1, 0.15) is 116 Å². The van der Waals surface area contributed by atoms with Crippen molar-refractivity contribution >= 4 is 78.1 Å². The van der Waals surface area contributed by atoms with Crippen LogP contribution < -0.4 is 9.80 Å². The number of hydrogen-bond donors (Lipinski definition) is 0. The Morgan fingerprint density at radius 1 is 0.370 bits per heavy atom. The summed E-state index contributed by atoms with van der Waals surface area (Å²) in [6.45, 7) is 20.8. The molecule has 0 radical (unpaired) electrons. The van der Waals surface area contributed by atoms with E-state index in [1.807, 2.05) is 76.2 Å². The maximum atomic E-state index is 14.5. The SMILES string of the molecule is Cc1cc(C(C)(C)C)cc(C)c1N1C(=O)c2ccc3c4ccc5c6c(ccc(c7ccc(c2c37)C1=O)c64)C(=O)N(c1c(C)cc(C(C)(C)C)cc1C)C5=O. The molecular formula is C48H42N2O4. The minimum atomic E-state index is -0.348. The summed E-state index contributed by atoms with van der Waals surface area (Å²) in [6.07, 6.45) is 0. The van der Waals surface area contributed by atoms with Crippen LogP contribution in [-0.2, 0) is 10.8 Å². The lowest BCUT2D eigenvalue weighted by Crippen LogP contribution is -2.41. The lowest BCUT2D eigenvalue weighted by atomic mass is 9.81. The van der Waals surface area contributed by atoms with E-state index >= 15 is 0 Å². The normalized spacial score (nSPS) is 14.9. The summed E-state index contributed by atoms with van der Waals surface area (Å²) in [5.74, 6) is -1.39. The van der Waals surface area contributed by atoms with Gasteiger partial charge in [0.25, 0.3) is 23.6 Å². The van der Waals surface area contributed by atoms with Crippen LogP contribution in [0.3, 0.4) is 0 Å². The minimum absolute atomic E-state index is 0.0849. The van der Waals surface area contributed by atoms with Gasteiger partial charge >= 0.3 is 0 Å². The van der Waals surface area contributed by atoms with E-state index in [9.17, 15) is 19.2 Å². The summed E-state index contributed by atoms with van der Waals surface area (Å²) in [6, 6.07) is 23.4. The summed E-state index contributed by atoms with van der Waals surface area (Å²) in [7, 11) is 0. The third-order valence-corrected chi connectivity index (χ3v) is 11.8. The summed E-state index contributed by atoms with van der Waals surface area (Å²) < 4.78 is 0. The van der Waals surface area contributed by atoms with E-state index in [-0.39, 0.29) is 34.5 Å². The molecule has 2 heterocycles. The first-order valence-electron chi connectivity index (χ1n) is 18.6. The monoisotopic (exact) mass is 710 g/mol. The van der Waals surface area contributed by atoms with Gasteiger partial charge in [0.1, 0.15) is 0 Å². The summed E-state index contributed by atoms with van der Waals surface area (Å²) in [4.78, 5) is 60.5. The molecule has 7 aromatic rings. The van der Waals surface area contributed by atoms with Crippen LogP contribution >= 0.6 is 0 Å². The number of anilines is 2. The zero-order chi connectivity index (χ0) is 38.5. The Bertz CT molecular complexity index is 2550. The molecule has 268 valence electrons. The Hall–Kier alpha value is -5.88. The number of rotatable bonds is 2. The first-order valence-corrected chi connectivity index (χ1v) is 18.6. The fourth-order valence-electron chi connectivity index (χ4n) is 9.16. The molecule has 7 aromatic carbocycles. The fourth-order valence-corrected chi connectivity index (χ4v) is 9.16. The number of imide groups is 2. The lowest BCUT2D eigenvalue weighted by molar-refractivity contribution is 0.0877. The Morgan fingerprint density at radius 3 is 0.833 bits per heavy atom. The van der Waals surface area contributed by atoms with Gasteiger partial charge in [0.05, 0.1) is 11.4 Å². The van der Waals surface area contributed by atoms with Crippen LogP contribution in [0.25, 0.3) is 43.1 Å². The molecule has 2 aliphatic rings. The second kappa shape index (κ2) is 10.8. The van der Waals surface area contributed by atoms with Crippen LogP contribution in [0.2, 0.25) is 0 Å². The summed E-state index contributed by atoms with van der Waals surface area (Å²) in [5, 5.41) is 6.40. The average Bonchev–Trinajstić information content (AvgIpc) is 3.10. The first-order chi connectivity index (χ1) is 25.4. The fraction of sp³-hybridized carbons (Fsp3) is 0.250. The Labute approximate surface area is 314 Å². The quantitative estimate of drug-likeness (QED) is 0.102. The van der Waals surface area contributed by atoms with Crippen LogP contribution in [0, 0.1) is 27.7 Å². The zero-order valence-corrected chi connectivity index (χ0v) is 32.5. The van der Waals surface area contributed by atoms with Gasteiger partial charge in [-0.05, 0) is 128 Å². The number of carbonyl (C=O) groups is 4. The van der Waals surface area contributed by atoms with Gasteiger partial charge in [0, 0.05) is 33.0 Å². The molecule has 0 unspecified atom stereocenters. The molecule has 0 bridgehead atoms. The van der Waals surface area contributed by atoms with Gasteiger partial charge in [0.15, 0.2) is 0 Å². The summed E-state index contributed by atoms with van der Waals surface area (Å²) >= 11 is 0. The number of amides is 4. The van der Waals surface area contributed by atoms with Gasteiger partial charge in [-0.2, -0.15) is 0 Å². The molecule has 0 spiro atoms. The van der Waals surface area contributed by atoms with Crippen molar-refractivity contribution in [2.75, 3.05) is 9.80 Å². The van der Waals surface area contributed by atoms with E-state index in [2.05, 4.69) is 65.8 Å². The largest absolute Gasteiger partial charge is 0.268 e. The molecule has 2 aliphatic heterocycles. The molecule has 0 saturated heterocycles. The van der Waals surface area contributed by atoms with Crippen molar-refractivity contribution in [3.8, 4) is 0 Å².